The molecule has 0 aromatic rings. The summed E-state index contributed by atoms with van der Waals surface area (Å²) in [6.45, 7) is 8.92. The minimum Gasteiger partial charge on any atom is -0.481 e. The third-order valence-electron chi connectivity index (χ3n) is 3.54. The number of carboxylic acid groups (broad SMARTS) is 1. The van der Waals surface area contributed by atoms with E-state index in [9.17, 15) is 14.7 Å². The van der Waals surface area contributed by atoms with Crippen molar-refractivity contribution in [3.8, 4) is 0 Å². The molecule has 0 bridgehead atoms. The highest BCUT2D eigenvalue weighted by atomic mass is 16.6. The number of hydrogen-bond donors (Lipinski definition) is 1. The van der Waals surface area contributed by atoms with Gasteiger partial charge in [0.1, 0.15) is 5.60 Å². The molecule has 1 N–H and O–H groups in total. The Labute approximate surface area is 121 Å². The van der Waals surface area contributed by atoms with Crippen LogP contribution in [0.5, 0.6) is 0 Å². The molecule has 20 heavy (non-hydrogen) atoms. The first kappa shape index (κ1) is 16.8. The molecule has 1 saturated carbocycles. The van der Waals surface area contributed by atoms with Crippen LogP contribution in [0.25, 0.3) is 0 Å². The molecule has 1 rings (SSSR count). The number of hydrogen-bond acceptors (Lipinski definition) is 3. The number of carbonyl (C=O) groups excluding carboxylic acids is 1. The van der Waals surface area contributed by atoms with Crippen molar-refractivity contribution in [2.75, 3.05) is 6.54 Å². The molecule has 1 aliphatic carbocycles. The first-order chi connectivity index (χ1) is 9.03. The molecule has 0 heterocycles. The van der Waals surface area contributed by atoms with Crippen molar-refractivity contribution in [3.63, 3.8) is 0 Å². The Morgan fingerprint density at radius 1 is 1.15 bits per heavy atom. The molecular formula is C15H27NO4. The van der Waals surface area contributed by atoms with E-state index in [2.05, 4.69) is 0 Å². The number of aliphatic carboxylic acids is 1. The van der Waals surface area contributed by atoms with Crippen LogP contribution in [0.3, 0.4) is 0 Å². The lowest BCUT2D eigenvalue weighted by molar-refractivity contribution is -0.148. The molecule has 0 aromatic heterocycles. The molecule has 116 valence electrons. The number of nitrogens with zero attached hydrogens (tertiary/aromatic N) is 1. The number of amides is 1. The van der Waals surface area contributed by atoms with Gasteiger partial charge in [-0.05, 0) is 47.5 Å². The standard InChI is InChI=1S/C15H27NO4/c1-14(2,3)20-13(19)16(11-8-6-7-9-11)10-15(4,5)12(17)18/h11H,6-10H2,1-5H3,(H,17,18). The van der Waals surface area contributed by atoms with Gasteiger partial charge in [0.25, 0.3) is 0 Å². The molecule has 5 heteroatoms. The van der Waals surface area contributed by atoms with Crippen molar-refractivity contribution in [2.45, 2.75) is 71.9 Å². The summed E-state index contributed by atoms with van der Waals surface area (Å²) < 4.78 is 5.43. The lowest BCUT2D eigenvalue weighted by Crippen LogP contribution is -2.48. The zero-order chi connectivity index (χ0) is 15.6. The molecule has 0 radical (unpaired) electrons. The van der Waals surface area contributed by atoms with E-state index in [0.29, 0.717) is 0 Å². The number of carbonyl (C=O) groups is 2. The fourth-order valence-electron chi connectivity index (χ4n) is 2.37. The van der Waals surface area contributed by atoms with E-state index in [1.807, 2.05) is 20.8 Å². The van der Waals surface area contributed by atoms with Gasteiger partial charge in [-0.15, -0.1) is 0 Å². The fourth-order valence-corrected chi connectivity index (χ4v) is 2.37. The highest BCUT2D eigenvalue weighted by Crippen LogP contribution is 2.28. The van der Waals surface area contributed by atoms with Crippen molar-refractivity contribution in [1.82, 2.24) is 4.90 Å². The fraction of sp³-hybridized carbons (Fsp3) is 0.867. The third kappa shape index (κ3) is 4.69. The SMILES string of the molecule is CC(C)(C)OC(=O)N(CC(C)(C)C(=O)O)C1CCCC1. The van der Waals surface area contributed by atoms with Crippen molar-refractivity contribution >= 4 is 12.1 Å². The first-order valence-corrected chi connectivity index (χ1v) is 7.26. The predicted octanol–water partition coefficient (Wildman–Crippen LogP) is 3.28. The lowest BCUT2D eigenvalue weighted by atomic mass is 9.92. The second kappa shape index (κ2) is 6.02. The molecule has 0 saturated heterocycles. The van der Waals surface area contributed by atoms with Crippen molar-refractivity contribution in [3.05, 3.63) is 0 Å². The zero-order valence-corrected chi connectivity index (χ0v) is 13.2. The summed E-state index contributed by atoms with van der Waals surface area (Å²) in [5, 5.41) is 9.27. The Kier molecular flexibility index (Phi) is 5.05. The monoisotopic (exact) mass is 285 g/mol. The Morgan fingerprint density at radius 3 is 2.05 bits per heavy atom. The summed E-state index contributed by atoms with van der Waals surface area (Å²) in [5.41, 5.74) is -1.54. The van der Waals surface area contributed by atoms with Gasteiger partial charge in [0.2, 0.25) is 0 Å². The van der Waals surface area contributed by atoms with E-state index >= 15 is 0 Å². The van der Waals surface area contributed by atoms with Gasteiger partial charge in [0.15, 0.2) is 0 Å². The highest BCUT2D eigenvalue weighted by molar-refractivity contribution is 5.75. The summed E-state index contributed by atoms with van der Waals surface area (Å²) >= 11 is 0. The van der Waals surface area contributed by atoms with Crippen LogP contribution < -0.4 is 0 Å². The number of rotatable bonds is 4. The minimum atomic E-state index is -0.973. The molecule has 0 aromatic carbocycles. The van der Waals surface area contributed by atoms with Crippen LogP contribution in [0, 0.1) is 5.41 Å². The largest absolute Gasteiger partial charge is 0.481 e. The van der Waals surface area contributed by atoms with E-state index in [1.54, 1.807) is 18.7 Å². The minimum absolute atomic E-state index is 0.100. The highest BCUT2D eigenvalue weighted by Gasteiger charge is 2.37. The number of carboxylic acids is 1. The maximum atomic E-state index is 12.4. The second-order valence-corrected chi connectivity index (χ2v) is 7.24. The van der Waals surface area contributed by atoms with Crippen LogP contribution in [0.1, 0.15) is 60.3 Å². The maximum Gasteiger partial charge on any atom is 0.410 e. The summed E-state index contributed by atoms with van der Waals surface area (Å²) in [6.07, 6.45) is 3.61. The summed E-state index contributed by atoms with van der Waals surface area (Å²) in [5.74, 6) is -0.899. The first-order valence-electron chi connectivity index (χ1n) is 7.26. The van der Waals surface area contributed by atoms with Gasteiger partial charge in [0.05, 0.1) is 5.41 Å². The second-order valence-electron chi connectivity index (χ2n) is 7.24. The average Bonchev–Trinajstić information content (AvgIpc) is 2.76. The molecule has 1 aliphatic rings. The normalized spacial score (nSPS) is 17.1. The topological polar surface area (TPSA) is 66.8 Å². The van der Waals surface area contributed by atoms with Gasteiger partial charge in [-0.25, -0.2) is 4.79 Å². The van der Waals surface area contributed by atoms with Crippen molar-refractivity contribution < 1.29 is 19.4 Å². The average molecular weight is 285 g/mol. The summed E-state index contributed by atoms with van der Waals surface area (Å²) in [7, 11) is 0. The van der Waals surface area contributed by atoms with E-state index in [4.69, 9.17) is 4.74 Å². The molecule has 0 atom stereocenters. The third-order valence-corrected chi connectivity index (χ3v) is 3.54. The predicted molar refractivity (Wildman–Crippen MR) is 76.6 cm³/mol. The van der Waals surface area contributed by atoms with Gasteiger partial charge >= 0.3 is 12.1 Å². The Bertz CT molecular complexity index is 365. The van der Waals surface area contributed by atoms with Gasteiger partial charge < -0.3 is 14.7 Å². The van der Waals surface area contributed by atoms with Crippen LogP contribution in [0.4, 0.5) is 4.79 Å². The Hall–Kier alpha value is -1.26. The molecule has 5 nitrogen and oxygen atoms in total. The summed E-state index contributed by atoms with van der Waals surface area (Å²) in [6, 6.07) is 0.100. The van der Waals surface area contributed by atoms with Gasteiger partial charge in [-0.3, -0.25) is 4.79 Å². The number of ether oxygens (including phenoxy) is 1. The van der Waals surface area contributed by atoms with Crippen LogP contribution in [0.2, 0.25) is 0 Å². The smallest absolute Gasteiger partial charge is 0.410 e. The van der Waals surface area contributed by atoms with Gasteiger partial charge in [0, 0.05) is 12.6 Å². The Balaban J connectivity index is 2.85. The van der Waals surface area contributed by atoms with E-state index in [-0.39, 0.29) is 12.6 Å². The van der Waals surface area contributed by atoms with Crippen molar-refractivity contribution in [2.24, 2.45) is 5.41 Å². The zero-order valence-electron chi connectivity index (χ0n) is 13.2. The molecule has 0 unspecified atom stereocenters. The van der Waals surface area contributed by atoms with Crippen LogP contribution in [-0.2, 0) is 9.53 Å². The molecular weight excluding hydrogens is 258 g/mol. The maximum absolute atomic E-state index is 12.4. The van der Waals surface area contributed by atoms with Gasteiger partial charge in [-0.2, -0.15) is 0 Å². The van der Waals surface area contributed by atoms with Crippen LogP contribution in [0.15, 0.2) is 0 Å². The molecule has 0 aliphatic heterocycles. The summed E-state index contributed by atoms with van der Waals surface area (Å²) in [4.78, 5) is 25.3. The van der Waals surface area contributed by atoms with E-state index in [0.717, 1.165) is 25.7 Å². The van der Waals surface area contributed by atoms with Crippen LogP contribution >= 0.6 is 0 Å². The van der Waals surface area contributed by atoms with Crippen molar-refractivity contribution in [1.29, 1.82) is 0 Å². The molecule has 1 fully saturated rings. The van der Waals surface area contributed by atoms with Crippen LogP contribution in [-0.4, -0.2) is 40.3 Å². The molecule has 1 amide bonds. The van der Waals surface area contributed by atoms with E-state index < -0.39 is 23.1 Å². The van der Waals surface area contributed by atoms with Gasteiger partial charge in [-0.1, -0.05) is 12.8 Å². The quantitative estimate of drug-likeness (QED) is 0.860. The lowest BCUT2D eigenvalue weighted by Gasteiger charge is -2.35. The Morgan fingerprint density at radius 2 is 1.65 bits per heavy atom. The van der Waals surface area contributed by atoms with E-state index in [1.165, 1.54) is 0 Å². The molecule has 0 spiro atoms.